The van der Waals surface area contributed by atoms with Gasteiger partial charge in [0.15, 0.2) is 17.0 Å². The van der Waals surface area contributed by atoms with Gasteiger partial charge < -0.3 is 14.8 Å². The number of nitrogens with zero attached hydrogens (tertiary/aromatic N) is 2. The maximum Gasteiger partial charge on any atom is 0.256 e. The van der Waals surface area contributed by atoms with Gasteiger partial charge in [-0.3, -0.25) is 19.8 Å². The Kier molecular flexibility index (Phi) is 5.25. The number of hydrogen-bond donors (Lipinski definition) is 1. The second kappa shape index (κ2) is 7.76. The van der Waals surface area contributed by atoms with E-state index in [1.807, 2.05) is 0 Å². The van der Waals surface area contributed by atoms with E-state index in [2.05, 4.69) is 11.2 Å². The molecule has 1 spiro atoms. The summed E-state index contributed by atoms with van der Waals surface area (Å²) in [4.78, 5) is 26.9. The number of nitro groups is 1. The topological polar surface area (TPSA) is 93.9 Å². The van der Waals surface area contributed by atoms with Crippen molar-refractivity contribution in [1.29, 1.82) is 0 Å². The second-order valence-corrected chi connectivity index (χ2v) is 7.92. The summed E-state index contributed by atoms with van der Waals surface area (Å²) in [5.74, 6) is 1.92. The molecule has 2 aromatic rings. The first kappa shape index (κ1) is 21.0. The lowest BCUT2D eigenvalue weighted by atomic mass is 9.79. The van der Waals surface area contributed by atoms with Gasteiger partial charge in [-0.25, -0.2) is 0 Å². The molecule has 8 nitrogen and oxygen atoms in total. The highest BCUT2D eigenvalue weighted by atomic mass is 35.5. The summed E-state index contributed by atoms with van der Waals surface area (Å²) in [5.41, 5.74) is 0.333. The molecule has 3 atom stereocenters. The molecular weight excluding hydrogens is 422 g/mol. The number of anilines is 1. The summed E-state index contributed by atoms with van der Waals surface area (Å²) >= 11 is 6.42. The molecule has 9 heteroatoms. The number of terminal acetylenes is 1. The van der Waals surface area contributed by atoms with Gasteiger partial charge in [0.05, 0.1) is 18.1 Å². The number of methoxy groups -OCH3 is 1. The molecule has 0 unspecified atom stereocenters. The number of rotatable bonds is 5. The highest BCUT2D eigenvalue weighted by Crippen LogP contribution is 2.53. The fraction of sp³-hybridized carbons (Fsp3) is 0.318. The van der Waals surface area contributed by atoms with Crippen LogP contribution >= 0.6 is 11.6 Å². The number of carbonyl (C=O) groups is 1. The Morgan fingerprint density at radius 3 is 2.84 bits per heavy atom. The average molecular weight is 442 g/mol. The minimum absolute atomic E-state index is 0.000811. The quantitative estimate of drug-likeness (QED) is 0.435. The molecule has 1 amide bonds. The molecule has 2 aliphatic heterocycles. The van der Waals surface area contributed by atoms with E-state index >= 15 is 0 Å². The van der Waals surface area contributed by atoms with Crippen molar-refractivity contribution in [1.82, 2.24) is 4.90 Å². The lowest BCUT2D eigenvalue weighted by Gasteiger charge is -2.30. The molecule has 0 aliphatic carbocycles. The number of amides is 1. The van der Waals surface area contributed by atoms with Crippen LogP contribution in [0.1, 0.15) is 17.0 Å². The molecule has 160 valence electrons. The largest absolute Gasteiger partial charge is 0.493 e. The van der Waals surface area contributed by atoms with E-state index in [4.69, 9.17) is 27.5 Å². The molecule has 0 saturated carbocycles. The van der Waals surface area contributed by atoms with E-state index in [-0.39, 0.29) is 28.8 Å². The molecule has 0 aromatic heterocycles. The van der Waals surface area contributed by atoms with Crippen molar-refractivity contribution in [2.45, 2.75) is 17.5 Å². The number of fused-ring (bicyclic) bond motifs is 2. The molecule has 0 bridgehead atoms. The van der Waals surface area contributed by atoms with E-state index in [1.165, 1.54) is 7.11 Å². The fourth-order valence-corrected chi connectivity index (χ4v) is 5.06. The van der Waals surface area contributed by atoms with E-state index in [0.717, 1.165) is 0 Å². The average Bonchev–Trinajstić information content (AvgIpc) is 3.22. The summed E-state index contributed by atoms with van der Waals surface area (Å²) in [6, 6.07) is 9.10. The number of hydrogen-bond acceptors (Lipinski definition) is 6. The normalized spacial score (nSPS) is 24.5. The van der Waals surface area contributed by atoms with Crippen LogP contribution in [-0.2, 0) is 10.3 Å². The summed E-state index contributed by atoms with van der Waals surface area (Å²) in [6.45, 7) is 0.274. The van der Waals surface area contributed by atoms with Gasteiger partial charge in [-0.1, -0.05) is 35.7 Å². The van der Waals surface area contributed by atoms with Gasteiger partial charge in [0.2, 0.25) is 0 Å². The minimum Gasteiger partial charge on any atom is -0.493 e. The molecule has 1 saturated heterocycles. The predicted molar refractivity (Wildman–Crippen MR) is 115 cm³/mol. The van der Waals surface area contributed by atoms with E-state index in [1.54, 1.807) is 48.3 Å². The molecular formula is C22H20ClN3O5. The Morgan fingerprint density at radius 1 is 1.42 bits per heavy atom. The number of likely N-dealkylation sites (N-methyl/N-ethyl adjacent to an activating group) is 1. The number of halogens is 1. The van der Waals surface area contributed by atoms with Crippen LogP contribution < -0.4 is 14.8 Å². The van der Waals surface area contributed by atoms with Crippen LogP contribution in [0, 0.1) is 22.5 Å². The number of likely N-dealkylation sites (tertiary alicyclic amines) is 1. The van der Waals surface area contributed by atoms with Crippen molar-refractivity contribution >= 4 is 23.2 Å². The Balaban J connectivity index is 1.85. The number of benzene rings is 2. The van der Waals surface area contributed by atoms with Crippen LogP contribution in [0.3, 0.4) is 0 Å². The third-order valence-corrected chi connectivity index (χ3v) is 6.30. The van der Waals surface area contributed by atoms with E-state index < -0.39 is 23.4 Å². The Hall–Kier alpha value is -3.28. The van der Waals surface area contributed by atoms with Crippen molar-refractivity contribution in [3.05, 3.63) is 62.7 Å². The Labute approximate surface area is 184 Å². The molecule has 2 aromatic carbocycles. The third-order valence-electron chi connectivity index (χ3n) is 6.02. The first-order valence-electron chi connectivity index (χ1n) is 9.55. The summed E-state index contributed by atoms with van der Waals surface area (Å²) in [5, 5.41) is 15.4. The van der Waals surface area contributed by atoms with Gasteiger partial charge in [-0.2, -0.15) is 0 Å². The van der Waals surface area contributed by atoms with Gasteiger partial charge in [0.25, 0.3) is 11.9 Å². The Morgan fingerprint density at radius 2 is 2.16 bits per heavy atom. The van der Waals surface area contributed by atoms with Crippen LogP contribution in [0.15, 0.2) is 36.4 Å². The van der Waals surface area contributed by atoms with E-state index in [0.29, 0.717) is 22.6 Å². The van der Waals surface area contributed by atoms with Crippen molar-refractivity contribution in [3.63, 3.8) is 0 Å². The number of para-hydroxylation sites is 1. The van der Waals surface area contributed by atoms with E-state index in [9.17, 15) is 14.9 Å². The third kappa shape index (κ3) is 3.00. The molecule has 0 radical (unpaired) electrons. The Bertz CT molecular complexity index is 1110. The molecule has 1 fully saturated rings. The van der Waals surface area contributed by atoms with Gasteiger partial charge in [-0.15, -0.1) is 6.42 Å². The zero-order valence-corrected chi connectivity index (χ0v) is 17.7. The minimum atomic E-state index is -1.43. The van der Waals surface area contributed by atoms with Crippen LogP contribution in [-0.4, -0.2) is 49.1 Å². The van der Waals surface area contributed by atoms with Crippen molar-refractivity contribution < 1.29 is 19.2 Å². The van der Waals surface area contributed by atoms with Crippen molar-refractivity contribution in [2.24, 2.45) is 0 Å². The van der Waals surface area contributed by atoms with Gasteiger partial charge in [0.1, 0.15) is 6.61 Å². The van der Waals surface area contributed by atoms with Crippen LogP contribution in [0.2, 0.25) is 5.02 Å². The van der Waals surface area contributed by atoms with Crippen LogP contribution in [0.4, 0.5) is 5.69 Å². The van der Waals surface area contributed by atoms with Crippen LogP contribution in [0.5, 0.6) is 11.5 Å². The highest BCUT2D eigenvalue weighted by molar-refractivity contribution is 6.32. The first-order valence-corrected chi connectivity index (χ1v) is 9.93. The lowest BCUT2D eigenvalue weighted by Crippen LogP contribution is -2.54. The molecule has 1 N–H and O–H groups in total. The second-order valence-electron chi connectivity index (χ2n) is 7.51. The smallest absolute Gasteiger partial charge is 0.256 e. The molecule has 4 rings (SSSR count). The van der Waals surface area contributed by atoms with Gasteiger partial charge >= 0.3 is 0 Å². The standard InChI is InChI=1S/C22H20ClN3O5/c1-4-9-31-19-16(23)10-13(11-18(19)30-3)14-12-25(2)22(20(14)26(28)29)15-7-5-6-8-17(15)24-21(22)27/h1,5-8,10-11,14,20H,9,12H2,2-3H3,(H,24,27)/t14-,20+,22-/m0/s1. The summed E-state index contributed by atoms with van der Waals surface area (Å²) < 4.78 is 10.9. The number of ether oxygens (including phenoxy) is 2. The summed E-state index contributed by atoms with van der Waals surface area (Å²) in [7, 11) is 3.17. The molecule has 2 heterocycles. The lowest BCUT2D eigenvalue weighted by molar-refractivity contribution is -0.534. The maximum absolute atomic E-state index is 13.2. The van der Waals surface area contributed by atoms with Gasteiger partial charge in [-0.05, 0) is 30.8 Å². The predicted octanol–water partition coefficient (Wildman–Crippen LogP) is 2.88. The SMILES string of the molecule is C#CCOc1c(Cl)cc([C@@H]2CN(C)[C@]3(C(=O)Nc4ccccc43)[C@@H]2[N+](=O)[O-])cc1OC. The molecule has 2 aliphatic rings. The zero-order valence-electron chi connectivity index (χ0n) is 16.9. The summed E-state index contributed by atoms with van der Waals surface area (Å²) in [6.07, 6.45) is 5.26. The first-order chi connectivity index (χ1) is 14.9. The van der Waals surface area contributed by atoms with Crippen molar-refractivity contribution in [3.8, 4) is 23.8 Å². The van der Waals surface area contributed by atoms with Crippen LogP contribution in [0.25, 0.3) is 0 Å². The maximum atomic E-state index is 13.2. The fourth-order valence-electron chi connectivity index (χ4n) is 4.79. The van der Waals surface area contributed by atoms with Crippen molar-refractivity contribution in [2.75, 3.05) is 32.6 Å². The molecule has 31 heavy (non-hydrogen) atoms. The number of carbonyl (C=O) groups excluding carboxylic acids is 1. The number of nitrogens with one attached hydrogen (secondary N) is 1. The monoisotopic (exact) mass is 441 g/mol. The zero-order chi connectivity index (χ0) is 22.3. The highest BCUT2D eigenvalue weighted by Gasteiger charge is 2.68. The van der Waals surface area contributed by atoms with Gasteiger partial charge in [0, 0.05) is 22.7 Å².